The van der Waals surface area contributed by atoms with Crippen molar-refractivity contribution in [3.63, 3.8) is 0 Å². The second-order valence-electron chi connectivity index (χ2n) is 4.51. The standard InChI is InChI=1S/C15H13BrF3N/c1-8-3-5-11(16)10(7-8)15(20-2)9-4-6-12(17)14(19)13(9)18/h3-7,15,20H,1-2H3. The molecule has 0 saturated carbocycles. The molecule has 0 aliphatic rings. The highest BCUT2D eigenvalue weighted by Gasteiger charge is 2.22. The van der Waals surface area contributed by atoms with E-state index in [1.165, 1.54) is 6.07 Å². The Hall–Kier alpha value is -1.33. The zero-order valence-electron chi connectivity index (χ0n) is 11.0. The molecule has 0 saturated heterocycles. The first kappa shape index (κ1) is 15.1. The molecule has 1 nitrogen and oxygen atoms in total. The fourth-order valence-electron chi connectivity index (χ4n) is 2.13. The molecule has 0 fully saturated rings. The molecule has 0 radical (unpaired) electrons. The van der Waals surface area contributed by atoms with Crippen LogP contribution >= 0.6 is 15.9 Å². The van der Waals surface area contributed by atoms with Gasteiger partial charge in [-0.25, -0.2) is 13.2 Å². The van der Waals surface area contributed by atoms with Gasteiger partial charge in [-0.05, 0) is 31.7 Å². The van der Waals surface area contributed by atoms with Crippen LogP contribution in [-0.4, -0.2) is 7.05 Å². The summed E-state index contributed by atoms with van der Waals surface area (Å²) in [6.45, 7) is 1.91. The smallest absolute Gasteiger partial charge is 0.194 e. The van der Waals surface area contributed by atoms with Gasteiger partial charge in [0.25, 0.3) is 0 Å². The third kappa shape index (κ3) is 2.74. The van der Waals surface area contributed by atoms with E-state index in [9.17, 15) is 13.2 Å². The van der Waals surface area contributed by atoms with Crippen molar-refractivity contribution in [2.75, 3.05) is 7.05 Å². The van der Waals surface area contributed by atoms with Crippen LogP contribution in [0.1, 0.15) is 22.7 Å². The van der Waals surface area contributed by atoms with Gasteiger partial charge in [-0.2, -0.15) is 0 Å². The highest BCUT2D eigenvalue weighted by molar-refractivity contribution is 9.10. The molecule has 2 aromatic carbocycles. The summed E-state index contributed by atoms with van der Waals surface area (Å²) in [5, 5.41) is 2.93. The molecule has 0 aliphatic carbocycles. The van der Waals surface area contributed by atoms with Gasteiger partial charge in [-0.1, -0.05) is 39.7 Å². The summed E-state index contributed by atoms with van der Waals surface area (Å²) < 4.78 is 41.1. The van der Waals surface area contributed by atoms with E-state index >= 15 is 0 Å². The third-order valence-corrected chi connectivity index (χ3v) is 3.85. The number of rotatable bonds is 3. The summed E-state index contributed by atoms with van der Waals surface area (Å²) in [6, 6.07) is 7.23. The Kier molecular flexibility index (Phi) is 4.50. The number of benzene rings is 2. The molecule has 2 rings (SSSR count). The average molecular weight is 344 g/mol. The summed E-state index contributed by atoms with van der Waals surface area (Å²) in [6.07, 6.45) is 0. The van der Waals surface area contributed by atoms with Crippen molar-refractivity contribution in [3.05, 3.63) is 68.9 Å². The van der Waals surface area contributed by atoms with Gasteiger partial charge in [0.2, 0.25) is 0 Å². The molecule has 1 unspecified atom stereocenters. The third-order valence-electron chi connectivity index (χ3n) is 3.13. The Morgan fingerprint density at radius 3 is 2.35 bits per heavy atom. The van der Waals surface area contributed by atoms with E-state index < -0.39 is 23.5 Å². The van der Waals surface area contributed by atoms with Crippen molar-refractivity contribution in [3.8, 4) is 0 Å². The van der Waals surface area contributed by atoms with Gasteiger partial charge in [-0.3, -0.25) is 0 Å². The first-order valence-corrected chi connectivity index (χ1v) is 6.81. The maximum Gasteiger partial charge on any atom is 0.194 e. The number of hydrogen-bond acceptors (Lipinski definition) is 1. The Balaban J connectivity index is 2.58. The molecule has 1 N–H and O–H groups in total. The Labute approximate surface area is 123 Å². The Morgan fingerprint density at radius 1 is 1.00 bits per heavy atom. The van der Waals surface area contributed by atoms with Gasteiger partial charge in [0.1, 0.15) is 0 Å². The maximum atomic E-state index is 13.9. The Morgan fingerprint density at radius 2 is 1.70 bits per heavy atom. The first-order valence-electron chi connectivity index (χ1n) is 6.02. The van der Waals surface area contributed by atoms with E-state index in [1.54, 1.807) is 7.05 Å². The van der Waals surface area contributed by atoms with Crippen molar-refractivity contribution < 1.29 is 13.2 Å². The van der Waals surface area contributed by atoms with Crippen LogP contribution in [-0.2, 0) is 0 Å². The van der Waals surface area contributed by atoms with E-state index in [0.29, 0.717) is 0 Å². The maximum absolute atomic E-state index is 13.9. The second-order valence-corrected chi connectivity index (χ2v) is 5.37. The minimum Gasteiger partial charge on any atom is -0.309 e. The van der Waals surface area contributed by atoms with Crippen LogP contribution in [0.5, 0.6) is 0 Å². The van der Waals surface area contributed by atoms with Crippen molar-refractivity contribution in [1.29, 1.82) is 0 Å². The molecule has 0 aliphatic heterocycles. The van der Waals surface area contributed by atoms with E-state index in [4.69, 9.17) is 0 Å². The molecule has 1 atom stereocenters. The normalized spacial score (nSPS) is 12.5. The summed E-state index contributed by atoms with van der Waals surface area (Å²) >= 11 is 3.40. The minimum absolute atomic E-state index is 0.0673. The molecule has 5 heteroatoms. The first-order chi connectivity index (χ1) is 9.45. The largest absolute Gasteiger partial charge is 0.309 e. The molecular formula is C15H13BrF3N. The van der Waals surface area contributed by atoms with E-state index in [2.05, 4.69) is 21.2 Å². The summed E-state index contributed by atoms with van der Waals surface area (Å²) in [7, 11) is 1.64. The van der Waals surface area contributed by atoms with Gasteiger partial charge in [0.05, 0.1) is 6.04 Å². The molecule has 0 bridgehead atoms. The fourth-order valence-corrected chi connectivity index (χ4v) is 2.60. The quantitative estimate of drug-likeness (QED) is 0.810. The van der Waals surface area contributed by atoms with Gasteiger partial charge in [0.15, 0.2) is 17.5 Å². The molecular weight excluding hydrogens is 331 g/mol. The molecule has 0 heterocycles. The monoisotopic (exact) mass is 343 g/mol. The van der Waals surface area contributed by atoms with Crippen molar-refractivity contribution in [1.82, 2.24) is 5.32 Å². The lowest BCUT2D eigenvalue weighted by Gasteiger charge is -2.20. The lowest BCUT2D eigenvalue weighted by Crippen LogP contribution is -2.20. The molecule has 106 valence electrons. The van der Waals surface area contributed by atoms with Crippen molar-refractivity contribution in [2.24, 2.45) is 0 Å². The average Bonchev–Trinajstić information content (AvgIpc) is 2.43. The zero-order valence-corrected chi connectivity index (χ0v) is 12.6. The van der Waals surface area contributed by atoms with E-state index in [1.807, 2.05) is 25.1 Å². The molecule has 0 spiro atoms. The minimum atomic E-state index is -1.45. The van der Waals surface area contributed by atoms with Crippen LogP contribution in [0.4, 0.5) is 13.2 Å². The summed E-state index contributed by atoms with van der Waals surface area (Å²) in [4.78, 5) is 0. The Bertz CT molecular complexity index is 643. The van der Waals surface area contributed by atoms with Crippen LogP contribution in [0.3, 0.4) is 0 Å². The number of aryl methyl sites for hydroxylation is 1. The van der Waals surface area contributed by atoms with Crippen LogP contribution < -0.4 is 5.32 Å². The van der Waals surface area contributed by atoms with Gasteiger partial charge in [-0.15, -0.1) is 0 Å². The van der Waals surface area contributed by atoms with Gasteiger partial charge in [0, 0.05) is 10.0 Å². The topological polar surface area (TPSA) is 12.0 Å². The van der Waals surface area contributed by atoms with E-state index in [0.717, 1.165) is 21.7 Å². The van der Waals surface area contributed by atoms with Crippen LogP contribution in [0.2, 0.25) is 0 Å². The number of hydrogen-bond donors (Lipinski definition) is 1. The zero-order chi connectivity index (χ0) is 14.9. The SMILES string of the molecule is CNC(c1cc(C)ccc1Br)c1ccc(F)c(F)c1F. The molecule has 0 aromatic heterocycles. The van der Waals surface area contributed by atoms with Gasteiger partial charge >= 0.3 is 0 Å². The highest BCUT2D eigenvalue weighted by atomic mass is 79.9. The molecule has 20 heavy (non-hydrogen) atoms. The van der Waals surface area contributed by atoms with Crippen molar-refractivity contribution >= 4 is 15.9 Å². The lowest BCUT2D eigenvalue weighted by atomic mass is 9.97. The van der Waals surface area contributed by atoms with Gasteiger partial charge < -0.3 is 5.32 Å². The highest BCUT2D eigenvalue weighted by Crippen LogP contribution is 2.31. The van der Waals surface area contributed by atoms with E-state index in [-0.39, 0.29) is 5.56 Å². The van der Waals surface area contributed by atoms with Crippen LogP contribution in [0.25, 0.3) is 0 Å². The summed E-state index contributed by atoms with van der Waals surface area (Å²) in [5.74, 6) is -3.81. The fraction of sp³-hybridized carbons (Fsp3) is 0.200. The van der Waals surface area contributed by atoms with Crippen LogP contribution in [0.15, 0.2) is 34.8 Å². The molecule has 0 amide bonds. The number of halogens is 4. The van der Waals surface area contributed by atoms with Crippen molar-refractivity contribution in [2.45, 2.75) is 13.0 Å². The predicted octanol–water partition coefficient (Wildman–Crippen LogP) is 4.48. The molecule has 2 aromatic rings. The predicted molar refractivity (Wildman–Crippen MR) is 76.1 cm³/mol. The van der Waals surface area contributed by atoms with Crippen LogP contribution in [0, 0.1) is 24.4 Å². The summed E-state index contributed by atoms with van der Waals surface area (Å²) in [5.41, 5.74) is 1.82. The lowest BCUT2D eigenvalue weighted by molar-refractivity contribution is 0.435. The number of nitrogens with one attached hydrogen (secondary N) is 1. The second kappa shape index (κ2) is 5.97.